The van der Waals surface area contributed by atoms with Crippen LogP contribution in [-0.4, -0.2) is 55.1 Å². The molecule has 2 saturated heterocycles. The highest BCUT2D eigenvalue weighted by atomic mass is 16.7. The average molecular weight is 303 g/mol. The van der Waals surface area contributed by atoms with E-state index in [0.29, 0.717) is 26.1 Å². The first-order valence-electron chi connectivity index (χ1n) is 7.22. The Morgan fingerprint density at radius 1 is 1.38 bits per heavy atom. The standard InChI is InChI=1S/C14H25NO6/c1-12(2,3)10-13(8-16,21-11(15)17)9-19-14(20-10)4-6-18-7-5-14/h10,16H,4-9H2,1-3H3,(H2,15,17). The second-order valence-corrected chi connectivity index (χ2v) is 6.82. The van der Waals surface area contributed by atoms with Gasteiger partial charge in [0.15, 0.2) is 11.4 Å². The van der Waals surface area contributed by atoms with E-state index in [1.165, 1.54) is 0 Å². The third-order valence-corrected chi connectivity index (χ3v) is 4.00. The number of hydrogen-bond acceptors (Lipinski definition) is 6. The maximum atomic E-state index is 11.2. The number of primary amides is 1. The van der Waals surface area contributed by atoms with Crippen molar-refractivity contribution in [1.82, 2.24) is 0 Å². The number of aliphatic hydroxyl groups excluding tert-OH is 1. The van der Waals surface area contributed by atoms with Crippen LogP contribution >= 0.6 is 0 Å². The lowest BCUT2D eigenvalue weighted by Crippen LogP contribution is -2.67. The van der Waals surface area contributed by atoms with Crippen LogP contribution in [0.2, 0.25) is 0 Å². The number of rotatable bonds is 2. The van der Waals surface area contributed by atoms with Crippen molar-refractivity contribution in [2.75, 3.05) is 26.4 Å². The van der Waals surface area contributed by atoms with Gasteiger partial charge in [-0.3, -0.25) is 0 Å². The van der Waals surface area contributed by atoms with E-state index in [9.17, 15) is 9.90 Å². The van der Waals surface area contributed by atoms with Crippen molar-refractivity contribution < 1.29 is 28.8 Å². The van der Waals surface area contributed by atoms with Crippen molar-refractivity contribution in [3.63, 3.8) is 0 Å². The van der Waals surface area contributed by atoms with Crippen LogP contribution in [0.1, 0.15) is 33.6 Å². The van der Waals surface area contributed by atoms with Gasteiger partial charge in [0.2, 0.25) is 0 Å². The minimum Gasteiger partial charge on any atom is -0.435 e. The molecule has 0 radical (unpaired) electrons. The Labute approximate surface area is 124 Å². The molecule has 2 atom stereocenters. The number of carbonyl (C=O) groups is 1. The molecule has 1 amide bonds. The van der Waals surface area contributed by atoms with Gasteiger partial charge in [0.25, 0.3) is 0 Å². The third kappa shape index (κ3) is 3.31. The molecule has 2 aliphatic rings. The Bertz CT molecular complexity index is 387. The van der Waals surface area contributed by atoms with Crippen molar-refractivity contribution in [2.45, 2.75) is 51.1 Å². The number of amides is 1. The molecule has 2 fully saturated rings. The van der Waals surface area contributed by atoms with Gasteiger partial charge in [-0.05, 0) is 5.41 Å². The number of aliphatic hydroxyl groups is 1. The van der Waals surface area contributed by atoms with E-state index in [4.69, 9.17) is 24.7 Å². The molecule has 7 heteroatoms. The summed E-state index contributed by atoms with van der Waals surface area (Å²) in [5.41, 5.74) is 3.50. The van der Waals surface area contributed by atoms with Crippen LogP contribution in [0.15, 0.2) is 0 Å². The summed E-state index contributed by atoms with van der Waals surface area (Å²) >= 11 is 0. The lowest BCUT2D eigenvalue weighted by Gasteiger charge is -2.54. The van der Waals surface area contributed by atoms with Crippen LogP contribution in [0.25, 0.3) is 0 Å². The molecule has 21 heavy (non-hydrogen) atoms. The van der Waals surface area contributed by atoms with Crippen LogP contribution in [0.4, 0.5) is 4.79 Å². The van der Waals surface area contributed by atoms with E-state index in [1.807, 2.05) is 20.8 Å². The molecule has 2 aliphatic heterocycles. The molecule has 0 aromatic rings. The van der Waals surface area contributed by atoms with Gasteiger partial charge < -0.3 is 29.8 Å². The summed E-state index contributed by atoms with van der Waals surface area (Å²) in [7, 11) is 0. The van der Waals surface area contributed by atoms with Crippen LogP contribution in [0.5, 0.6) is 0 Å². The second-order valence-electron chi connectivity index (χ2n) is 6.82. The zero-order chi connectivity index (χ0) is 15.7. The summed E-state index contributed by atoms with van der Waals surface area (Å²) in [5.74, 6) is -0.740. The Hall–Kier alpha value is -0.890. The molecule has 122 valence electrons. The minimum atomic E-state index is -1.28. The Morgan fingerprint density at radius 2 is 2.00 bits per heavy atom. The highest BCUT2D eigenvalue weighted by Crippen LogP contribution is 2.44. The lowest BCUT2D eigenvalue weighted by molar-refractivity contribution is -0.380. The second kappa shape index (κ2) is 5.72. The van der Waals surface area contributed by atoms with Crippen LogP contribution in [0.3, 0.4) is 0 Å². The zero-order valence-corrected chi connectivity index (χ0v) is 12.9. The SMILES string of the molecule is CC(C)(C)C1OC2(CCOCC2)OCC1(CO)OC(N)=O. The summed E-state index contributed by atoms with van der Waals surface area (Å²) in [6.45, 7) is 6.64. The third-order valence-electron chi connectivity index (χ3n) is 4.00. The molecular formula is C14H25NO6. The molecule has 0 aliphatic carbocycles. The van der Waals surface area contributed by atoms with Gasteiger partial charge in [-0.2, -0.15) is 0 Å². The minimum absolute atomic E-state index is 0.0500. The monoisotopic (exact) mass is 303 g/mol. The van der Waals surface area contributed by atoms with Crippen LogP contribution < -0.4 is 5.73 Å². The van der Waals surface area contributed by atoms with Crippen molar-refractivity contribution in [2.24, 2.45) is 11.1 Å². The maximum Gasteiger partial charge on any atom is 0.405 e. The summed E-state index contributed by atoms with van der Waals surface area (Å²) in [6.07, 6.45) is -0.266. The van der Waals surface area contributed by atoms with Crippen molar-refractivity contribution >= 4 is 6.09 Å². The average Bonchev–Trinajstić information content (AvgIpc) is 2.41. The van der Waals surface area contributed by atoms with Gasteiger partial charge in [0.1, 0.15) is 6.10 Å². The highest BCUT2D eigenvalue weighted by Gasteiger charge is 2.57. The van der Waals surface area contributed by atoms with E-state index in [1.54, 1.807) is 0 Å². The van der Waals surface area contributed by atoms with Crippen molar-refractivity contribution in [1.29, 1.82) is 0 Å². The maximum absolute atomic E-state index is 11.2. The molecule has 0 saturated carbocycles. The molecule has 3 N–H and O–H groups in total. The molecule has 0 bridgehead atoms. The molecular weight excluding hydrogens is 278 g/mol. The van der Waals surface area contributed by atoms with Crippen LogP contribution in [-0.2, 0) is 18.9 Å². The van der Waals surface area contributed by atoms with Gasteiger partial charge >= 0.3 is 6.09 Å². The van der Waals surface area contributed by atoms with E-state index < -0.39 is 30.2 Å². The fraction of sp³-hybridized carbons (Fsp3) is 0.929. The molecule has 2 unspecified atom stereocenters. The summed E-state index contributed by atoms with van der Waals surface area (Å²) in [4.78, 5) is 11.2. The highest BCUT2D eigenvalue weighted by molar-refractivity contribution is 5.65. The quantitative estimate of drug-likeness (QED) is 0.782. The zero-order valence-electron chi connectivity index (χ0n) is 12.9. The number of nitrogens with two attached hydrogens (primary N) is 1. The first-order valence-corrected chi connectivity index (χ1v) is 7.22. The first kappa shape index (κ1) is 16.5. The topological polar surface area (TPSA) is 100 Å². The predicted octanol–water partition coefficient (Wildman–Crippen LogP) is 0.781. The molecule has 2 heterocycles. The summed E-state index contributed by atoms with van der Waals surface area (Å²) in [6, 6.07) is 0. The smallest absolute Gasteiger partial charge is 0.405 e. The Morgan fingerprint density at radius 3 is 2.48 bits per heavy atom. The molecule has 7 nitrogen and oxygen atoms in total. The van der Waals surface area contributed by atoms with Crippen molar-refractivity contribution in [3.05, 3.63) is 0 Å². The van der Waals surface area contributed by atoms with Gasteiger partial charge in [0.05, 0.1) is 26.4 Å². The number of carbonyl (C=O) groups excluding carboxylic acids is 1. The Kier molecular flexibility index (Phi) is 4.49. The van der Waals surface area contributed by atoms with Gasteiger partial charge in [-0.1, -0.05) is 20.8 Å². The predicted molar refractivity (Wildman–Crippen MR) is 73.5 cm³/mol. The lowest BCUT2D eigenvalue weighted by atomic mass is 9.77. The van der Waals surface area contributed by atoms with E-state index >= 15 is 0 Å². The molecule has 0 aromatic carbocycles. The van der Waals surface area contributed by atoms with Gasteiger partial charge in [-0.25, -0.2) is 4.79 Å². The number of ether oxygens (including phenoxy) is 4. The first-order chi connectivity index (χ1) is 9.73. The Balaban J connectivity index is 2.29. The molecule has 1 spiro atoms. The normalized spacial score (nSPS) is 32.9. The van der Waals surface area contributed by atoms with Gasteiger partial charge in [-0.15, -0.1) is 0 Å². The molecule has 2 rings (SSSR count). The fourth-order valence-electron chi connectivity index (χ4n) is 3.04. The van der Waals surface area contributed by atoms with E-state index in [-0.39, 0.29) is 12.0 Å². The summed E-state index contributed by atoms with van der Waals surface area (Å²) < 4.78 is 22.6. The van der Waals surface area contributed by atoms with Crippen molar-refractivity contribution in [3.8, 4) is 0 Å². The number of hydrogen-bond donors (Lipinski definition) is 2. The fourth-order valence-corrected chi connectivity index (χ4v) is 3.04. The largest absolute Gasteiger partial charge is 0.435 e. The van der Waals surface area contributed by atoms with E-state index in [2.05, 4.69) is 0 Å². The van der Waals surface area contributed by atoms with E-state index in [0.717, 1.165) is 0 Å². The summed E-state index contributed by atoms with van der Waals surface area (Å²) in [5, 5.41) is 9.79. The van der Waals surface area contributed by atoms with Crippen LogP contribution in [0, 0.1) is 5.41 Å². The van der Waals surface area contributed by atoms with Gasteiger partial charge in [0, 0.05) is 12.8 Å². The molecule has 0 aromatic heterocycles.